The van der Waals surface area contributed by atoms with Crippen LogP contribution in [0.2, 0.25) is 5.02 Å². The number of rotatable bonds is 8. The second-order valence-electron chi connectivity index (χ2n) is 6.26. The summed E-state index contributed by atoms with van der Waals surface area (Å²) >= 11 is 5.84. The Labute approximate surface area is 175 Å². The van der Waals surface area contributed by atoms with Gasteiger partial charge in [0.05, 0.1) is 18.1 Å². The minimum Gasteiger partial charge on any atom is -0.489 e. The first-order valence-corrected chi connectivity index (χ1v) is 9.12. The SMILES string of the molecule is O=C(Nc1cnn(COCC(F)(F)F)c1)c1cccc(COc2ccc(Cl)cc2)c1. The van der Waals surface area contributed by atoms with E-state index in [1.54, 1.807) is 42.5 Å². The highest BCUT2D eigenvalue weighted by molar-refractivity contribution is 6.30. The lowest BCUT2D eigenvalue weighted by molar-refractivity contribution is -0.182. The van der Waals surface area contributed by atoms with Crippen molar-refractivity contribution >= 4 is 23.2 Å². The van der Waals surface area contributed by atoms with Gasteiger partial charge in [-0.05, 0) is 42.0 Å². The molecule has 1 heterocycles. The Morgan fingerprint density at radius 3 is 2.67 bits per heavy atom. The average Bonchev–Trinajstić information content (AvgIpc) is 3.14. The molecule has 3 rings (SSSR count). The minimum atomic E-state index is -4.41. The van der Waals surface area contributed by atoms with Crippen LogP contribution in [0.4, 0.5) is 18.9 Å². The fourth-order valence-corrected chi connectivity index (χ4v) is 2.58. The van der Waals surface area contributed by atoms with E-state index in [0.717, 1.165) is 10.2 Å². The third kappa shape index (κ3) is 6.78. The molecule has 0 spiro atoms. The standard InChI is InChI=1S/C20H17ClF3N3O3/c21-16-4-6-18(7-5-16)30-11-14-2-1-3-15(8-14)19(28)26-17-9-25-27(10-17)13-29-12-20(22,23)24/h1-10H,11-13H2,(H,26,28). The largest absolute Gasteiger partial charge is 0.489 e. The van der Waals surface area contributed by atoms with Gasteiger partial charge in [0.1, 0.15) is 25.7 Å². The van der Waals surface area contributed by atoms with Crippen molar-refractivity contribution in [3.05, 3.63) is 77.1 Å². The monoisotopic (exact) mass is 439 g/mol. The van der Waals surface area contributed by atoms with Crippen LogP contribution in [-0.4, -0.2) is 28.5 Å². The molecule has 0 atom stereocenters. The molecule has 0 fully saturated rings. The van der Waals surface area contributed by atoms with Gasteiger partial charge in [-0.2, -0.15) is 18.3 Å². The van der Waals surface area contributed by atoms with Crippen LogP contribution in [0.1, 0.15) is 15.9 Å². The van der Waals surface area contributed by atoms with Gasteiger partial charge in [-0.1, -0.05) is 23.7 Å². The summed E-state index contributed by atoms with van der Waals surface area (Å²) in [6, 6.07) is 13.8. The highest BCUT2D eigenvalue weighted by Crippen LogP contribution is 2.18. The number of ether oxygens (including phenoxy) is 2. The summed E-state index contributed by atoms with van der Waals surface area (Å²) in [5.41, 5.74) is 1.51. The third-order valence-corrected chi connectivity index (χ3v) is 4.04. The zero-order valence-corrected chi connectivity index (χ0v) is 16.3. The van der Waals surface area contributed by atoms with Crippen LogP contribution < -0.4 is 10.1 Å². The number of nitrogens with one attached hydrogen (secondary N) is 1. The molecular weight excluding hydrogens is 423 g/mol. The number of aromatic nitrogens is 2. The van der Waals surface area contributed by atoms with E-state index >= 15 is 0 Å². The van der Waals surface area contributed by atoms with Crippen molar-refractivity contribution in [2.24, 2.45) is 0 Å². The number of anilines is 1. The number of amides is 1. The van der Waals surface area contributed by atoms with Gasteiger partial charge in [0, 0.05) is 10.6 Å². The van der Waals surface area contributed by atoms with Crippen LogP contribution in [0.25, 0.3) is 0 Å². The van der Waals surface area contributed by atoms with E-state index in [9.17, 15) is 18.0 Å². The highest BCUT2D eigenvalue weighted by atomic mass is 35.5. The topological polar surface area (TPSA) is 65.4 Å². The van der Waals surface area contributed by atoms with Crippen LogP contribution in [0.5, 0.6) is 5.75 Å². The molecule has 10 heteroatoms. The van der Waals surface area contributed by atoms with Gasteiger partial charge < -0.3 is 14.8 Å². The summed E-state index contributed by atoms with van der Waals surface area (Å²) in [6.45, 7) is -1.50. The lowest BCUT2D eigenvalue weighted by atomic mass is 10.1. The molecule has 158 valence electrons. The number of hydrogen-bond donors (Lipinski definition) is 1. The Hall–Kier alpha value is -3.04. The van der Waals surface area contributed by atoms with Crippen LogP contribution in [0.15, 0.2) is 60.9 Å². The average molecular weight is 440 g/mol. The fourth-order valence-electron chi connectivity index (χ4n) is 2.46. The van der Waals surface area contributed by atoms with E-state index in [1.165, 1.54) is 12.4 Å². The number of carbonyl (C=O) groups excluding carboxylic acids is 1. The molecule has 0 aliphatic carbocycles. The van der Waals surface area contributed by atoms with Gasteiger partial charge in [-0.3, -0.25) is 4.79 Å². The van der Waals surface area contributed by atoms with Crippen LogP contribution >= 0.6 is 11.6 Å². The van der Waals surface area contributed by atoms with Gasteiger partial charge in [0.2, 0.25) is 0 Å². The van der Waals surface area contributed by atoms with E-state index in [4.69, 9.17) is 16.3 Å². The number of nitrogens with zero attached hydrogens (tertiary/aromatic N) is 2. The van der Waals surface area contributed by atoms with Crippen LogP contribution in [0, 0.1) is 0 Å². The summed E-state index contributed by atoms with van der Waals surface area (Å²) in [7, 11) is 0. The first-order valence-electron chi connectivity index (χ1n) is 8.74. The smallest absolute Gasteiger partial charge is 0.411 e. The van der Waals surface area contributed by atoms with Crippen molar-refractivity contribution in [3.63, 3.8) is 0 Å². The van der Waals surface area contributed by atoms with E-state index in [-0.39, 0.29) is 19.2 Å². The summed E-state index contributed by atoms with van der Waals surface area (Å²) < 4.78 is 47.6. The molecule has 0 saturated heterocycles. The minimum absolute atomic E-state index is 0.261. The third-order valence-electron chi connectivity index (χ3n) is 3.79. The van der Waals surface area contributed by atoms with Crippen molar-refractivity contribution in [1.29, 1.82) is 0 Å². The lowest BCUT2D eigenvalue weighted by Crippen LogP contribution is -2.18. The van der Waals surface area contributed by atoms with Crippen LogP contribution in [0.3, 0.4) is 0 Å². The molecule has 0 aliphatic heterocycles. The second kappa shape index (κ2) is 9.64. The van der Waals surface area contributed by atoms with Crippen molar-refractivity contribution in [2.75, 3.05) is 11.9 Å². The number of halogens is 4. The van der Waals surface area contributed by atoms with Crippen molar-refractivity contribution in [2.45, 2.75) is 19.5 Å². The predicted molar refractivity (Wildman–Crippen MR) is 104 cm³/mol. The second-order valence-corrected chi connectivity index (χ2v) is 6.69. The Bertz CT molecular complexity index is 991. The normalized spacial score (nSPS) is 11.3. The number of alkyl halides is 3. The molecule has 0 radical (unpaired) electrons. The molecule has 0 saturated carbocycles. The van der Waals surface area contributed by atoms with E-state index in [0.29, 0.717) is 22.0 Å². The Morgan fingerprint density at radius 2 is 1.93 bits per heavy atom. The fraction of sp³-hybridized carbons (Fsp3) is 0.200. The van der Waals surface area contributed by atoms with E-state index in [1.807, 2.05) is 6.07 Å². The maximum Gasteiger partial charge on any atom is 0.411 e. The summed E-state index contributed by atoms with van der Waals surface area (Å²) in [6.07, 6.45) is -1.71. The zero-order chi connectivity index (χ0) is 21.6. The Balaban J connectivity index is 1.54. The molecule has 2 aromatic carbocycles. The van der Waals surface area contributed by atoms with E-state index < -0.39 is 12.8 Å². The molecule has 1 aromatic heterocycles. The number of benzene rings is 2. The van der Waals surface area contributed by atoms with Gasteiger partial charge >= 0.3 is 6.18 Å². The zero-order valence-electron chi connectivity index (χ0n) is 15.5. The van der Waals surface area contributed by atoms with E-state index in [2.05, 4.69) is 15.2 Å². The summed E-state index contributed by atoms with van der Waals surface area (Å²) in [5, 5.41) is 7.09. The van der Waals surface area contributed by atoms with Crippen molar-refractivity contribution in [3.8, 4) is 5.75 Å². The molecule has 6 nitrogen and oxygen atoms in total. The first kappa shape index (κ1) is 21.7. The molecule has 30 heavy (non-hydrogen) atoms. The lowest BCUT2D eigenvalue weighted by Gasteiger charge is -2.08. The molecular formula is C20H17ClF3N3O3. The van der Waals surface area contributed by atoms with Gasteiger partial charge in [0.25, 0.3) is 5.91 Å². The first-order chi connectivity index (χ1) is 14.3. The maximum atomic E-state index is 12.4. The molecule has 0 unspecified atom stereocenters. The molecule has 1 N–H and O–H groups in total. The molecule has 3 aromatic rings. The summed E-state index contributed by atoms with van der Waals surface area (Å²) in [4.78, 5) is 12.4. The molecule has 0 bridgehead atoms. The van der Waals surface area contributed by atoms with Crippen molar-refractivity contribution < 1.29 is 27.4 Å². The van der Waals surface area contributed by atoms with Gasteiger partial charge in [-0.25, -0.2) is 4.68 Å². The van der Waals surface area contributed by atoms with Crippen molar-refractivity contribution in [1.82, 2.24) is 9.78 Å². The van der Waals surface area contributed by atoms with Gasteiger partial charge in [-0.15, -0.1) is 0 Å². The van der Waals surface area contributed by atoms with Gasteiger partial charge in [0.15, 0.2) is 0 Å². The number of hydrogen-bond acceptors (Lipinski definition) is 4. The predicted octanol–water partition coefficient (Wildman–Crippen LogP) is 4.90. The maximum absolute atomic E-state index is 12.4. The Morgan fingerprint density at radius 1 is 1.17 bits per heavy atom. The highest BCUT2D eigenvalue weighted by Gasteiger charge is 2.27. The number of carbonyl (C=O) groups is 1. The molecule has 0 aliphatic rings. The quantitative estimate of drug-likeness (QED) is 0.542. The van der Waals surface area contributed by atoms with Crippen LogP contribution in [-0.2, 0) is 18.1 Å². The summed E-state index contributed by atoms with van der Waals surface area (Å²) in [5.74, 6) is 0.258. The Kier molecular flexibility index (Phi) is 6.96. The molecule has 1 amide bonds.